The van der Waals surface area contributed by atoms with Crippen molar-refractivity contribution in [3.05, 3.63) is 54.1 Å². The molecule has 3 heterocycles. The van der Waals surface area contributed by atoms with Crippen molar-refractivity contribution in [3.8, 4) is 0 Å². The van der Waals surface area contributed by atoms with E-state index in [-0.39, 0.29) is 28.6 Å². The Bertz CT molecular complexity index is 1160. The van der Waals surface area contributed by atoms with Gasteiger partial charge >= 0.3 is 6.18 Å². The molecule has 3 rings (SSSR count). The molecule has 0 radical (unpaired) electrons. The molecule has 35 heavy (non-hydrogen) atoms. The van der Waals surface area contributed by atoms with Crippen LogP contribution >= 0.6 is 0 Å². The lowest BCUT2D eigenvalue weighted by molar-refractivity contribution is -0.0876. The lowest BCUT2D eigenvalue weighted by atomic mass is 9.91. The Morgan fingerprint density at radius 1 is 1.31 bits per heavy atom. The first-order chi connectivity index (χ1) is 16.5. The van der Waals surface area contributed by atoms with E-state index in [4.69, 9.17) is 11.5 Å². The topological polar surface area (TPSA) is 135 Å². The average Bonchev–Trinajstić information content (AvgIpc) is 2.79. The van der Waals surface area contributed by atoms with Crippen molar-refractivity contribution in [2.24, 2.45) is 10.7 Å². The fraction of sp³-hybridized carbons (Fsp3) is 0.348. The molecule has 186 valence electrons. The molecule has 2 aromatic rings. The number of nitrogens with zero attached hydrogens (tertiary/aromatic N) is 5. The maximum Gasteiger partial charge on any atom is 0.418 e. The number of aromatic nitrogens is 3. The quantitative estimate of drug-likeness (QED) is 0.418. The Morgan fingerprint density at radius 2 is 2.00 bits per heavy atom. The Morgan fingerprint density at radius 3 is 2.60 bits per heavy atom. The van der Waals surface area contributed by atoms with Crippen LogP contribution < -0.4 is 21.7 Å². The lowest BCUT2D eigenvalue weighted by Crippen LogP contribution is -2.48. The number of halogens is 3. The van der Waals surface area contributed by atoms with Gasteiger partial charge in [0.25, 0.3) is 5.91 Å². The van der Waals surface area contributed by atoms with E-state index in [1.807, 2.05) is 13.0 Å². The molecule has 0 bridgehead atoms. The van der Waals surface area contributed by atoms with Gasteiger partial charge in [0.15, 0.2) is 17.3 Å². The summed E-state index contributed by atoms with van der Waals surface area (Å²) in [6, 6.07) is 3.55. The zero-order chi connectivity index (χ0) is 25.8. The van der Waals surface area contributed by atoms with Gasteiger partial charge in [-0.3, -0.25) is 9.79 Å². The molecule has 1 aliphatic rings. The van der Waals surface area contributed by atoms with Crippen molar-refractivity contribution < 1.29 is 18.0 Å². The van der Waals surface area contributed by atoms with Gasteiger partial charge in [0.1, 0.15) is 11.4 Å². The maximum atomic E-state index is 13.5. The molecule has 0 aromatic carbocycles. The number of allylic oxidation sites excluding steroid dienone is 2. The van der Waals surface area contributed by atoms with Crippen molar-refractivity contribution in [1.82, 2.24) is 15.0 Å². The van der Waals surface area contributed by atoms with E-state index in [1.54, 1.807) is 6.07 Å². The molecule has 1 fully saturated rings. The van der Waals surface area contributed by atoms with Crippen LogP contribution in [0, 0.1) is 0 Å². The van der Waals surface area contributed by atoms with Crippen LogP contribution in [-0.2, 0) is 0 Å². The predicted octanol–water partition coefficient (Wildman–Crippen LogP) is 3.57. The molecular formula is C23H27F3N8O. The fourth-order valence-corrected chi connectivity index (χ4v) is 3.60. The van der Waals surface area contributed by atoms with Crippen LogP contribution in [0.4, 0.5) is 30.5 Å². The molecule has 0 unspecified atom stereocenters. The van der Waals surface area contributed by atoms with E-state index in [9.17, 15) is 18.0 Å². The third kappa shape index (κ3) is 6.01. The first-order valence-corrected chi connectivity index (χ1v) is 10.8. The highest BCUT2D eigenvalue weighted by molar-refractivity contribution is 6.06. The van der Waals surface area contributed by atoms with Crippen molar-refractivity contribution in [1.29, 1.82) is 0 Å². The van der Waals surface area contributed by atoms with E-state index < -0.39 is 23.4 Å². The minimum absolute atomic E-state index is 0.257. The molecule has 1 aliphatic heterocycles. The van der Waals surface area contributed by atoms with Crippen LogP contribution in [0.25, 0.3) is 5.70 Å². The third-order valence-electron chi connectivity index (χ3n) is 5.55. The van der Waals surface area contributed by atoms with E-state index in [0.717, 1.165) is 19.0 Å². The summed E-state index contributed by atoms with van der Waals surface area (Å²) in [7, 11) is 0. The van der Waals surface area contributed by atoms with Crippen molar-refractivity contribution >= 4 is 35.1 Å². The predicted molar refractivity (Wildman–Crippen MR) is 130 cm³/mol. The van der Waals surface area contributed by atoms with Crippen LogP contribution in [0.3, 0.4) is 0 Å². The van der Waals surface area contributed by atoms with Gasteiger partial charge in [-0.2, -0.15) is 13.2 Å². The zero-order valence-corrected chi connectivity index (χ0v) is 19.4. The Balaban J connectivity index is 1.96. The number of carbonyl (C=O) groups is 1. The van der Waals surface area contributed by atoms with E-state index in [2.05, 4.69) is 36.7 Å². The van der Waals surface area contributed by atoms with Gasteiger partial charge < -0.3 is 21.7 Å². The summed E-state index contributed by atoms with van der Waals surface area (Å²) in [5.74, 6) is -0.772. The van der Waals surface area contributed by atoms with Gasteiger partial charge in [0.2, 0.25) is 0 Å². The highest BCUT2D eigenvalue weighted by Crippen LogP contribution is 2.34. The Labute approximate surface area is 200 Å². The number of anilines is 3. The van der Waals surface area contributed by atoms with Gasteiger partial charge in [0, 0.05) is 31.0 Å². The number of amides is 1. The molecular weight excluding hydrogens is 461 g/mol. The van der Waals surface area contributed by atoms with Crippen molar-refractivity contribution in [2.45, 2.75) is 38.4 Å². The summed E-state index contributed by atoms with van der Waals surface area (Å²) in [4.78, 5) is 31.1. The summed E-state index contributed by atoms with van der Waals surface area (Å²) in [6.45, 7) is 8.01. The normalized spacial score (nSPS) is 16.7. The number of alkyl halides is 3. The number of hydrogen-bond acceptors (Lipinski definition) is 8. The van der Waals surface area contributed by atoms with E-state index in [0.29, 0.717) is 24.9 Å². The minimum Gasteiger partial charge on any atom is -0.382 e. The summed E-state index contributed by atoms with van der Waals surface area (Å²) < 4.78 is 40.5. The number of carbonyl (C=O) groups excluding carboxylic acids is 1. The summed E-state index contributed by atoms with van der Waals surface area (Å²) in [6.07, 6.45) is 1.11. The number of nitrogen functional groups attached to an aromatic ring is 1. The molecule has 1 saturated heterocycles. The SMILES string of the molecule is C=C/C(=C(\N=C/C)c1cnc(N)c(C(=O)Nc2ncccc2N2CCC(C)(N)CC2)n1)C(F)(F)F. The van der Waals surface area contributed by atoms with Gasteiger partial charge in [-0.25, -0.2) is 15.0 Å². The number of piperidine rings is 1. The summed E-state index contributed by atoms with van der Waals surface area (Å²) in [5.41, 5.74) is 10.2. The van der Waals surface area contributed by atoms with Crippen molar-refractivity contribution in [2.75, 3.05) is 29.0 Å². The fourth-order valence-electron chi connectivity index (χ4n) is 3.60. The average molecular weight is 489 g/mol. The molecule has 5 N–H and O–H groups in total. The number of hydrogen-bond donors (Lipinski definition) is 3. The van der Waals surface area contributed by atoms with Crippen LogP contribution in [0.2, 0.25) is 0 Å². The standard InChI is InChI=1S/C23H27F3N8O/c1-4-14(23(24,25)26)17(29-5-2)15-13-31-19(27)18(32-15)21(35)33-20-16(7-6-10-30-20)34-11-8-22(3,28)9-12-34/h4-7,10,13H,1,8-9,11-12,28H2,2-3H3,(H2,27,31)(H,30,33,35)/b17-14+,29-5-. The molecule has 0 spiro atoms. The maximum absolute atomic E-state index is 13.5. The van der Waals surface area contributed by atoms with E-state index in [1.165, 1.54) is 19.3 Å². The molecule has 0 saturated carbocycles. The van der Waals surface area contributed by atoms with Crippen LogP contribution in [0.5, 0.6) is 0 Å². The third-order valence-corrected chi connectivity index (χ3v) is 5.55. The van der Waals surface area contributed by atoms with Crippen LogP contribution in [0.15, 0.2) is 47.7 Å². The zero-order valence-electron chi connectivity index (χ0n) is 19.4. The number of aliphatic imine (C=N–C) groups is 1. The molecule has 0 aliphatic carbocycles. The molecule has 1 amide bonds. The molecule has 9 nitrogen and oxygen atoms in total. The molecule has 2 aromatic heterocycles. The first-order valence-electron chi connectivity index (χ1n) is 10.8. The minimum atomic E-state index is -4.74. The summed E-state index contributed by atoms with van der Waals surface area (Å²) in [5, 5.41) is 2.65. The number of rotatable bonds is 6. The monoisotopic (exact) mass is 488 g/mol. The second kappa shape index (κ2) is 10.2. The highest BCUT2D eigenvalue weighted by Gasteiger charge is 2.35. The van der Waals surface area contributed by atoms with Gasteiger partial charge in [-0.05, 0) is 38.8 Å². The molecule has 12 heteroatoms. The Hall–Kier alpha value is -3.80. The molecule has 0 atom stereocenters. The number of pyridine rings is 1. The highest BCUT2D eigenvalue weighted by atomic mass is 19.4. The van der Waals surface area contributed by atoms with Crippen LogP contribution in [-0.4, -0.2) is 51.9 Å². The van der Waals surface area contributed by atoms with Gasteiger partial charge in [-0.15, -0.1) is 0 Å². The second-order valence-corrected chi connectivity index (χ2v) is 8.31. The summed E-state index contributed by atoms with van der Waals surface area (Å²) >= 11 is 0. The lowest BCUT2D eigenvalue weighted by Gasteiger charge is -2.38. The number of nitrogens with two attached hydrogens (primary N) is 2. The Kier molecular flexibility index (Phi) is 7.54. The largest absolute Gasteiger partial charge is 0.418 e. The smallest absolute Gasteiger partial charge is 0.382 e. The second-order valence-electron chi connectivity index (χ2n) is 8.31. The van der Waals surface area contributed by atoms with Crippen LogP contribution in [0.1, 0.15) is 42.9 Å². The first kappa shape index (κ1) is 25.8. The van der Waals surface area contributed by atoms with Gasteiger partial charge in [0.05, 0.1) is 17.5 Å². The van der Waals surface area contributed by atoms with Gasteiger partial charge in [-0.1, -0.05) is 12.7 Å². The van der Waals surface area contributed by atoms with Crippen molar-refractivity contribution in [3.63, 3.8) is 0 Å². The van der Waals surface area contributed by atoms with E-state index >= 15 is 0 Å². The number of nitrogens with one attached hydrogen (secondary N) is 1.